The quantitative estimate of drug-likeness (QED) is 0.865. The maximum atomic E-state index is 11.9. The molecular weight excluding hydrogens is 286 g/mol. The van der Waals surface area contributed by atoms with Gasteiger partial charge < -0.3 is 10.1 Å². The highest BCUT2D eigenvalue weighted by Gasteiger charge is 2.15. The van der Waals surface area contributed by atoms with Crippen molar-refractivity contribution in [3.8, 4) is 5.75 Å². The lowest BCUT2D eigenvalue weighted by molar-refractivity contribution is -0.118. The van der Waals surface area contributed by atoms with Gasteiger partial charge in [-0.1, -0.05) is 49.6 Å². The lowest BCUT2D eigenvalue weighted by atomic mass is 9.84. The minimum atomic E-state index is -0.140. The van der Waals surface area contributed by atoms with E-state index in [1.54, 1.807) is 0 Å². The van der Waals surface area contributed by atoms with Crippen LogP contribution in [-0.4, -0.2) is 12.5 Å². The summed E-state index contributed by atoms with van der Waals surface area (Å²) in [6.45, 7) is 0.0222. The van der Waals surface area contributed by atoms with E-state index in [1.807, 2.05) is 42.5 Å². The van der Waals surface area contributed by atoms with E-state index in [0.717, 1.165) is 5.69 Å². The SMILES string of the molecule is O=C(COc1ccccc1)Nc1ccc(C2CCCCC2)cc1. The van der Waals surface area contributed by atoms with Gasteiger partial charge in [0.15, 0.2) is 6.61 Å². The number of rotatable bonds is 5. The van der Waals surface area contributed by atoms with Crippen LogP contribution in [0.5, 0.6) is 5.75 Å². The fraction of sp³-hybridized carbons (Fsp3) is 0.350. The van der Waals surface area contributed by atoms with Gasteiger partial charge in [0.25, 0.3) is 5.91 Å². The summed E-state index contributed by atoms with van der Waals surface area (Å²) in [5.41, 5.74) is 2.22. The van der Waals surface area contributed by atoms with Crippen molar-refractivity contribution in [1.29, 1.82) is 0 Å². The predicted molar refractivity (Wildman–Crippen MR) is 92.8 cm³/mol. The van der Waals surface area contributed by atoms with Crippen LogP contribution in [0.15, 0.2) is 54.6 Å². The molecule has 1 amide bonds. The Bertz CT molecular complexity index is 616. The number of hydrogen-bond acceptors (Lipinski definition) is 2. The Morgan fingerprint density at radius 1 is 0.957 bits per heavy atom. The summed E-state index contributed by atoms with van der Waals surface area (Å²) in [6, 6.07) is 17.6. The van der Waals surface area contributed by atoms with Gasteiger partial charge in [0.1, 0.15) is 5.75 Å². The van der Waals surface area contributed by atoms with Gasteiger partial charge >= 0.3 is 0 Å². The number of anilines is 1. The minimum Gasteiger partial charge on any atom is -0.484 e. The van der Waals surface area contributed by atoms with E-state index in [-0.39, 0.29) is 12.5 Å². The van der Waals surface area contributed by atoms with Gasteiger partial charge in [0, 0.05) is 5.69 Å². The third-order valence-corrected chi connectivity index (χ3v) is 4.38. The minimum absolute atomic E-state index is 0.0222. The molecule has 3 rings (SSSR count). The molecular formula is C20H23NO2. The first-order valence-corrected chi connectivity index (χ1v) is 8.39. The van der Waals surface area contributed by atoms with Crippen LogP contribution in [0.1, 0.15) is 43.6 Å². The van der Waals surface area contributed by atoms with Gasteiger partial charge in [-0.05, 0) is 48.6 Å². The van der Waals surface area contributed by atoms with E-state index < -0.39 is 0 Å². The third kappa shape index (κ3) is 4.59. The number of carbonyl (C=O) groups excluding carboxylic acids is 1. The molecule has 3 nitrogen and oxygen atoms in total. The third-order valence-electron chi connectivity index (χ3n) is 4.38. The number of carbonyl (C=O) groups is 1. The topological polar surface area (TPSA) is 38.3 Å². The summed E-state index contributed by atoms with van der Waals surface area (Å²) >= 11 is 0. The van der Waals surface area contributed by atoms with Crippen LogP contribution in [0.4, 0.5) is 5.69 Å². The van der Waals surface area contributed by atoms with Crippen LogP contribution in [-0.2, 0) is 4.79 Å². The van der Waals surface area contributed by atoms with Crippen molar-refractivity contribution in [1.82, 2.24) is 0 Å². The monoisotopic (exact) mass is 309 g/mol. The summed E-state index contributed by atoms with van der Waals surface area (Å²) in [6.07, 6.45) is 6.61. The van der Waals surface area contributed by atoms with Crippen LogP contribution in [0.25, 0.3) is 0 Å². The Morgan fingerprint density at radius 2 is 1.65 bits per heavy atom. The maximum absolute atomic E-state index is 11.9. The van der Waals surface area contributed by atoms with Gasteiger partial charge in [-0.25, -0.2) is 0 Å². The lowest BCUT2D eigenvalue weighted by Crippen LogP contribution is -2.20. The highest BCUT2D eigenvalue weighted by molar-refractivity contribution is 5.91. The van der Waals surface area contributed by atoms with Gasteiger partial charge in [0.2, 0.25) is 0 Å². The number of amides is 1. The van der Waals surface area contributed by atoms with Crippen molar-refractivity contribution in [3.63, 3.8) is 0 Å². The zero-order chi connectivity index (χ0) is 15.9. The van der Waals surface area contributed by atoms with E-state index in [0.29, 0.717) is 11.7 Å². The van der Waals surface area contributed by atoms with E-state index in [4.69, 9.17) is 4.74 Å². The van der Waals surface area contributed by atoms with Crippen molar-refractivity contribution >= 4 is 11.6 Å². The number of hydrogen-bond donors (Lipinski definition) is 1. The van der Waals surface area contributed by atoms with E-state index in [9.17, 15) is 4.79 Å². The van der Waals surface area contributed by atoms with Crippen LogP contribution in [0.3, 0.4) is 0 Å². The predicted octanol–water partition coefficient (Wildman–Crippen LogP) is 4.75. The number of para-hydroxylation sites is 1. The second-order valence-electron chi connectivity index (χ2n) is 6.11. The Hall–Kier alpha value is -2.29. The Balaban J connectivity index is 1.50. The van der Waals surface area contributed by atoms with Crippen LogP contribution in [0, 0.1) is 0 Å². The first-order valence-electron chi connectivity index (χ1n) is 8.39. The molecule has 1 fully saturated rings. The Labute approximate surface area is 137 Å². The molecule has 0 bridgehead atoms. The molecule has 2 aromatic carbocycles. The van der Waals surface area contributed by atoms with Gasteiger partial charge in [-0.3, -0.25) is 4.79 Å². The average molecular weight is 309 g/mol. The van der Waals surface area contributed by atoms with Gasteiger partial charge in [0.05, 0.1) is 0 Å². The highest BCUT2D eigenvalue weighted by Crippen LogP contribution is 2.32. The molecule has 0 aliphatic heterocycles. The van der Waals surface area contributed by atoms with Crippen molar-refractivity contribution in [2.75, 3.05) is 11.9 Å². The molecule has 0 spiro atoms. The van der Waals surface area contributed by atoms with Crippen molar-refractivity contribution in [2.24, 2.45) is 0 Å². The molecule has 3 heteroatoms. The maximum Gasteiger partial charge on any atom is 0.262 e. The van der Waals surface area contributed by atoms with Crippen molar-refractivity contribution < 1.29 is 9.53 Å². The van der Waals surface area contributed by atoms with E-state index in [2.05, 4.69) is 17.4 Å². The van der Waals surface area contributed by atoms with Gasteiger partial charge in [-0.2, -0.15) is 0 Å². The van der Waals surface area contributed by atoms with E-state index in [1.165, 1.54) is 37.7 Å². The lowest BCUT2D eigenvalue weighted by Gasteiger charge is -2.22. The largest absolute Gasteiger partial charge is 0.484 e. The molecule has 0 atom stereocenters. The van der Waals surface area contributed by atoms with Gasteiger partial charge in [-0.15, -0.1) is 0 Å². The molecule has 2 aromatic rings. The average Bonchev–Trinajstić information content (AvgIpc) is 2.62. The summed E-state index contributed by atoms with van der Waals surface area (Å²) in [7, 11) is 0. The molecule has 1 aliphatic carbocycles. The summed E-state index contributed by atoms with van der Waals surface area (Å²) < 4.78 is 5.45. The number of benzene rings is 2. The second kappa shape index (κ2) is 7.82. The molecule has 1 N–H and O–H groups in total. The summed E-state index contributed by atoms with van der Waals surface area (Å²) in [5.74, 6) is 1.25. The van der Waals surface area contributed by atoms with Crippen molar-refractivity contribution in [2.45, 2.75) is 38.0 Å². The Morgan fingerprint density at radius 3 is 2.35 bits per heavy atom. The molecule has 0 saturated heterocycles. The highest BCUT2D eigenvalue weighted by atomic mass is 16.5. The molecule has 23 heavy (non-hydrogen) atoms. The molecule has 0 aromatic heterocycles. The van der Waals surface area contributed by atoms with E-state index >= 15 is 0 Å². The standard InChI is InChI=1S/C20H23NO2/c22-20(15-23-19-9-5-2-6-10-19)21-18-13-11-17(12-14-18)16-7-3-1-4-8-16/h2,5-6,9-14,16H,1,3-4,7-8,15H2,(H,21,22). The fourth-order valence-corrected chi connectivity index (χ4v) is 3.14. The summed E-state index contributed by atoms with van der Waals surface area (Å²) in [5, 5.41) is 2.88. The summed E-state index contributed by atoms with van der Waals surface area (Å²) in [4.78, 5) is 11.9. The molecule has 1 saturated carbocycles. The molecule has 0 radical (unpaired) electrons. The van der Waals surface area contributed by atoms with Crippen LogP contribution >= 0.6 is 0 Å². The smallest absolute Gasteiger partial charge is 0.262 e. The molecule has 120 valence electrons. The van der Waals surface area contributed by atoms with Crippen LogP contribution < -0.4 is 10.1 Å². The second-order valence-corrected chi connectivity index (χ2v) is 6.11. The van der Waals surface area contributed by atoms with Crippen LogP contribution in [0.2, 0.25) is 0 Å². The molecule has 1 aliphatic rings. The zero-order valence-corrected chi connectivity index (χ0v) is 13.3. The number of ether oxygens (including phenoxy) is 1. The van der Waals surface area contributed by atoms with Crippen molar-refractivity contribution in [3.05, 3.63) is 60.2 Å². The molecule has 0 unspecified atom stereocenters. The number of nitrogens with one attached hydrogen (secondary N) is 1. The zero-order valence-electron chi connectivity index (χ0n) is 13.3. The molecule has 0 heterocycles. The first-order chi connectivity index (χ1) is 11.3. The first kappa shape index (κ1) is 15.6. The fourth-order valence-electron chi connectivity index (χ4n) is 3.14. The Kier molecular flexibility index (Phi) is 5.30. The normalized spacial score (nSPS) is 15.1.